The van der Waals surface area contributed by atoms with Gasteiger partial charge >= 0.3 is 0 Å². The van der Waals surface area contributed by atoms with E-state index in [0.29, 0.717) is 39.6 Å². The number of ether oxygens (including phenoxy) is 6. The molecule has 0 fully saturated rings. The molecule has 0 aromatic heterocycles. The lowest BCUT2D eigenvalue weighted by atomic mass is 10.0. The molecule has 1 heterocycles. The van der Waals surface area contributed by atoms with Gasteiger partial charge in [-0.3, -0.25) is 0 Å². The number of methoxy groups -OCH3 is 2. The number of benzene rings is 2. The van der Waals surface area contributed by atoms with E-state index in [2.05, 4.69) is 39.8 Å². The first-order chi connectivity index (χ1) is 17.3. The van der Waals surface area contributed by atoms with E-state index in [-0.39, 0.29) is 0 Å². The molecule has 2 aromatic carbocycles. The molecular formula is C30H40O6. The predicted octanol–water partition coefficient (Wildman–Crippen LogP) is 6.76. The van der Waals surface area contributed by atoms with E-state index in [1.165, 1.54) is 11.1 Å². The van der Waals surface area contributed by atoms with Crippen LogP contribution in [-0.4, -0.2) is 27.4 Å². The first kappa shape index (κ1) is 27.6. The molecule has 0 unspecified atom stereocenters. The molecule has 0 amide bonds. The number of allylic oxidation sites excluding steroid dienone is 2. The van der Waals surface area contributed by atoms with Gasteiger partial charge in [-0.05, 0) is 77.0 Å². The summed E-state index contributed by atoms with van der Waals surface area (Å²) in [6, 6.07) is 4.09. The average molecular weight is 497 g/mol. The second kappa shape index (κ2) is 12.8. The van der Waals surface area contributed by atoms with Gasteiger partial charge in [-0.1, -0.05) is 11.1 Å². The van der Waals surface area contributed by atoms with Crippen molar-refractivity contribution in [2.24, 2.45) is 0 Å². The maximum absolute atomic E-state index is 6.25. The van der Waals surface area contributed by atoms with Crippen molar-refractivity contribution in [3.63, 3.8) is 0 Å². The lowest BCUT2D eigenvalue weighted by Gasteiger charge is -2.24. The molecule has 3 rings (SSSR count). The molecular weight excluding hydrogens is 456 g/mol. The number of hydrogen-bond acceptors (Lipinski definition) is 6. The smallest absolute Gasteiger partial charge is 0.131 e. The molecule has 6 heteroatoms. The Hall–Kier alpha value is -2.96. The summed E-state index contributed by atoms with van der Waals surface area (Å²) in [5.41, 5.74) is 8.26. The molecule has 0 atom stereocenters. The van der Waals surface area contributed by atoms with Gasteiger partial charge in [0.2, 0.25) is 0 Å². The van der Waals surface area contributed by atoms with Crippen molar-refractivity contribution in [2.45, 2.75) is 68.0 Å². The zero-order chi connectivity index (χ0) is 26.2. The quantitative estimate of drug-likeness (QED) is 0.377. The van der Waals surface area contributed by atoms with Gasteiger partial charge in [0, 0.05) is 22.3 Å². The minimum absolute atomic E-state index is 0.386. The van der Waals surface area contributed by atoms with E-state index in [9.17, 15) is 0 Å². The molecule has 0 bridgehead atoms. The Morgan fingerprint density at radius 3 is 1.44 bits per heavy atom. The van der Waals surface area contributed by atoms with Crippen LogP contribution in [-0.2, 0) is 35.9 Å². The molecule has 0 aliphatic carbocycles. The minimum Gasteiger partial charge on any atom is -0.496 e. The first-order valence-electron chi connectivity index (χ1n) is 12.3. The highest BCUT2D eigenvalue weighted by molar-refractivity contribution is 5.55. The highest BCUT2D eigenvalue weighted by Gasteiger charge is 2.22. The van der Waals surface area contributed by atoms with Crippen LogP contribution in [0.1, 0.15) is 61.1 Å². The summed E-state index contributed by atoms with van der Waals surface area (Å²) in [6.07, 6.45) is 4.11. The normalized spacial score (nSPS) is 13.1. The maximum Gasteiger partial charge on any atom is 0.131 e. The van der Waals surface area contributed by atoms with Crippen molar-refractivity contribution >= 4 is 0 Å². The average Bonchev–Trinajstić information content (AvgIpc) is 2.83. The van der Waals surface area contributed by atoms with Crippen molar-refractivity contribution < 1.29 is 28.4 Å². The van der Waals surface area contributed by atoms with Crippen LogP contribution in [0.4, 0.5) is 0 Å². The van der Waals surface area contributed by atoms with Crippen molar-refractivity contribution in [1.29, 1.82) is 0 Å². The van der Waals surface area contributed by atoms with Gasteiger partial charge in [0.25, 0.3) is 0 Å². The molecule has 1 aliphatic rings. The summed E-state index contributed by atoms with van der Waals surface area (Å²) in [6.45, 7) is 14.8. The Bertz CT molecular complexity index is 1030. The number of fused-ring (bicyclic) bond motifs is 2. The summed E-state index contributed by atoms with van der Waals surface area (Å²) in [4.78, 5) is 0. The van der Waals surface area contributed by atoms with Crippen molar-refractivity contribution in [1.82, 2.24) is 0 Å². The van der Waals surface area contributed by atoms with E-state index in [4.69, 9.17) is 28.4 Å². The lowest BCUT2D eigenvalue weighted by molar-refractivity contribution is 0.0774. The second-order valence-electron chi connectivity index (χ2n) is 9.51. The van der Waals surface area contributed by atoms with E-state index < -0.39 is 0 Å². The van der Waals surface area contributed by atoms with E-state index >= 15 is 0 Å². The third-order valence-electron chi connectivity index (χ3n) is 6.23. The summed E-state index contributed by atoms with van der Waals surface area (Å²) in [7, 11) is 3.36. The van der Waals surface area contributed by atoms with Crippen molar-refractivity contribution in [2.75, 3.05) is 27.4 Å². The van der Waals surface area contributed by atoms with Gasteiger partial charge in [0.05, 0.1) is 40.6 Å². The largest absolute Gasteiger partial charge is 0.496 e. The molecule has 0 saturated heterocycles. The SMILES string of the molecule is COc1c(C)c(OCC=C(C)C)cc2c1COCc1c(cc(OCC=C(C)C)c(C)c1OC)COC2. The van der Waals surface area contributed by atoms with Crippen molar-refractivity contribution in [3.8, 4) is 23.0 Å². The summed E-state index contributed by atoms with van der Waals surface area (Å²) in [5, 5.41) is 0. The fraction of sp³-hybridized carbons (Fsp3) is 0.467. The highest BCUT2D eigenvalue weighted by atomic mass is 16.5. The summed E-state index contributed by atoms with van der Waals surface area (Å²) >= 11 is 0. The molecule has 6 nitrogen and oxygen atoms in total. The lowest BCUT2D eigenvalue weighted by Crippen LogP contribution is -2.12. The Balaban J connectivity index is 1.93. The standard InChI is InChI=1S/C30H40O6/c1-19(2)9-11-35-27-13-23-15-33-16-24-14-28(36-12-10-20(3)4)22(6)30(32-8)26(24)18-34-17-25(23)29(31-7)21(27)5/h9-10,13-14H,11-12,15-18H2,1-8H3. The Morgan fingerprint density at radius 1 is 0.694 bits per heavy atom. The van der Waals surface area contributed by atoms with Gasteiger partial charge in [-0.15, -0.1) is 0 Å². The summed E-state index contributed by atoms with van der Waals surface area (Å²) in [5.74, 6) is 3.12. The van der Waals surface area contributed by atoms with Gasteiger partial charge in [0.1, 0.15) is 36.2 Å². The Kier molecular flexibility index (Phi) is 9.85. The van der Waals surface area contributed by atoms with Crippen LogP contribution in [0.2, 0.25) is 0 Å². The molecule has 0 N–H and O–H groups in total. The Morgan fingerprint density at radius 2 is 1.08 bits per heavy atom. The second-order valence-corrected chi connectivity index (χ2v) is 9.51. The number of hydrogen-bond donors (Lipinski definition) is 0. The van der Waals surface area contributed by atoms with Crippen molar-refractivity contribution in [3.05, 3.63) is 68.8 Å². The molecule has 36 heavy (non-hydrogen) atoms. The number of rotatable bonds is 8. The zero-order valence-electron chi connectivity index (χ0n) is 23.0. The molecule has 0 radical (unpaired) electrons. The zero-order valence-corrected chi connectivity index (χ0v) is 23.0. The van der Waals surface area contributed by atoms with E-state index in [1.54, 1.807) is 14.2 Å². The summed E-state index contributed by atoms with van der Waals surface area (Å²) < 4.78 is 36.2. The van der Waals surface area contributed by atoms with E-state index in [0.717, 1.165) is 56.4 Å². The fourth-order valence-electron chi connectivity index (χ4n) is 4.22. The maximum atomic E-state index is 6.25. The van der Waals surface area contributed by atoms with Crippen LogP contribution < -0.4 is 18.9 Å². The van der Waals surface area contributed by atoms with Crippen LogP contribution in [0.25, 0.3) is 0 Å². The van der Waals surface area contributed by atoms with Gasteiger partial charge in [-0.2, -0.15) is 0 Å². The topological polar surface area (TPSA) is 55.4 Å². The van der Waals surface area contributed by atoms with Gasteiger partial charge in [0.15, 0.2) is 0 Å². The van der Waals surface area contributed by atoms with Crippen LogP contribution in [0.15, 0.2) is 35.4 Å². The fourth-order valence-corrected chi connectivity index (χ4v) is 4.22. The molecule has 2 aromatic rings. The first-order valence-corrected chi connectivity index (χ1v) is 12.3. The predicted molar refractivity (Wildman–Crippen MR) is 142 cm³/mol. The third-order valence-corrected chi connectivity index (χ3v) is 6.23. The molecule has 0 saturated carbocycles. The van der Waals surface area contributed by atoms with Crippen LogP contribution in [0.3, 0.4) is 0 Å². The van der Waals surface area contributed by atoms with E-state index in [1.807, 2.05) is 26.0 Å². The van der Waals surface area contributed by atoms with Crippen LogP contribution >= 0.6 is 0 Å². The third kappa shape index (κ3) is 6.62. The van der Waals surface area contributed by atoms with Gasteiger partial charge in [-0.25, -0.2) is 0 Å². The molecule has 0 spiro atoms. The highest BCUT2D eigenvalue weighted by Crippen LogP contribution is 2.39. The monoisotopic (exact) mass is 496 g/mol. The molecule has 1 aliphatic heterocycles. The molecule has 196 valence electrons. The van der Waals surface area contributed by atoms with Crippen LogP contribution in [0.5, 0.6) is 23.0 Å². The minimum atomic E-state index is 0.386. The van der Waals surface area contributed by atoms with Crippen LogP contribution in [0, 0.1) is 13.8 Å². The van der Waals surface area contributed by atoms with Gasteiger partial charge < -0.3 is 28.4 Å². The Labute approximate surface area is 215 Å².